The quantitative estimate of drug-likeness (QED) is 0.248. The van der Waals surface area contributed by atoms with Gasteiger partial charge in [-0.15, -0.1) is 0 Å². The van der Waals surface area contributed by atoms with Gasteiger partial charge in [0.25, 0.3) is 23.6 Å². The third kappa shape index (κ3) is 3.53. The number of imide groups is 2. The highest BCUT2D eigenvalue weighted by Gasteiger charge is 2.70. The van der Waals surface area contributed by atoms with Gasteiger partial charge in [0, 0.05) is 5.92 Å². The Morgan fingerprint density at radius 3 is 2.31 bits per heavy atom. The van der Waals surface area contributed by atoms with E-state index in [4.69, 9.17) is 0 Å². The van der Waals surface area contributed by atoms with Gasteiger partial charge in [0.15, 0.2) is 0 Å². The molecule has 0 spiro atoms. The fraction of sp³-hybridized carbons (Fsp3) is 0.273. The number of nitrogens with one attached hydrogen (secondary N) is 1. The number of carbonyl (C=O) groups is 4. The number of allylic oxidation sites excluding steroid dienone is 2. The molecular formula is C33H29N3O6. The number of phenols is 1. The van der Waals surface area contributed by atoms with Crippen LogP contribution in [0.5, 0.6) is 5.75 Å². The summed E-state index contributed by atoms with van der Waals surface area (Å²) in [4.78, 5) is 55.3. The van der Waals surface area contributed by atoms with Gasteiger partial charge in [-0.25, -0.2) is 0 Å². The Morgan fingerprint density at radius 2 is 1.60 bits per heavy atom. The van der Waals surface area contributed by atoms with Crippen molar-refractivity contribution in [2.24, 2.45) is 23.7 Å². The van der Waals surface area contributed by atoms with Crippen molar-refractivity contribution in [1.82, 2.24) is 10.1 Å². The molecule has 2 heterocycles. The molecule has 4 aliphatic rings. The molecule has 9 nitrogen and oxygen atoms in total. The van der Waals surface area contributed by atoms with E-state index in [9.17, 15) is 29.5 Å². The van der Waals surface area contributed by atoms with Crippen LogP contribution in [0.3, 0.4) is 0 Å². The lowest BCUT2D eigenvalue weighted by molar-refractivity contribution is -0.173. The molecule has 2 aliphatic carbocycles. The number of hydrazine groups is 1. The van der Waals surface area contributed by atoms with E-state index in [-0.39, 0.29) is 23.7 Å². The van der Waals surface area contributed by atoms with Crippen LogP contribution in [-0.4, -0.2) is 44.0 Å². The van der Waals surface area contributed by atoms with Crippen LogP contribution in [0.15, 0.2) is 90.5 Å². The maximum Gasteiger partial charge on any atom is 0.260 e. The number of carbonyl (C=O) groups excluding carboxylic acids is 4. The van der Waals surface area contributed by atoms with Gasteiger partial charge in [-0.2, -0.15) is 10.1 Å². The van der Waals surface area contributed by atoms with Gasteiger partial charge < -0.3 is 5.11 Å². The van der Waals surface area contributed by atoms with E-state index in [2.05, 4.69) is 5.43 Å². The number of phenolic OH excluding ortho intramolecular Hbond substituents is 1. The highest BCUT2D eigenvalue weighted by molar-refractivity contribution is 6.13. The maximum absolute atomic E-state index is 14.9. The number of rotatable bonds is 4. The first-order valence-corrected chi connectivity index (χ1v) is 14.1. The van der Waals surface area contributed by atoms with Crippen LogP contribution in [0.1, 0.15) is 35.4 Å². The number of hydrogen-bond acceptors (Lipinski definition) is 7. The molecule has 2 aliphatic heterocycles. The largest absolute Gasteiger partial charge is 0.508 e. The minimum Gasteiger partial charge on any atom is -0.508 e. The summed E-state index contributed by atoms with van der Waals surface area (Å²) in [5.41, 5.74) is 5.27. The number of aromatic hydroxyl groups is 1. The number of amides is 4. The van der Waals surface area contributed by atoms with Gasteiger partial charge in [-0.3, -0.25) is 29.8 Å². The first kappa shape index (κ1) is 26.2. The normalized spacial score (nSPS) is 30.1. The molecule has 0 bridgehead atoms. The molecular weight excluding hydrogens is 534 g/mol. The zero-order valence-corrected chi connectivity index (χ0v) is 22.8. The Kier molecular flexibility index (Phi) is 5.85. The zero-order chi connectivity index (χ0) is 29.3. The summed E-state index contributed by atoms with van der Waals surface area (Å²) >= 11 is 0. The topological polar surface area (TPSA) is 127 Å². The minimum atomic E-state index is -1.40. The number of nitrogens with zero attached hydrogens (tertiary/aromatic N) is 2. The zero-order valence-electron chi connectivity index (χ0n) is 22.8. The van der Waals surface area contributed by atoms with Crippen LogP contribution in [-0.2, 0) is 24.6 Å². The Morgan fingerprint density at radius 1 is 0.857 bits per heavy atom. The highest BCUT2D eigenvalue weighted by Crippen LogP contribution is 2.64. The molecule has 0 radical (unpaired) electrons. The highest BCUT2D eigenvalue weighted by atomic mass is 16.5. The molecule has 2 saturated heterocycles. The lowest BCUT2D eigenvalue weighted by Crippen LogP contribution is -2.53. The van der Waals surface area contributed by atoms with Crippen molar-refractivity contribution in [3.8, 4) is 5.75 Å². The molecule has 4 amide bonds. The van der Waals surface area contributed by atoms with Crippen molar-refractivity contribution < 1.29 is 29.5 Å². The number of anilines is 1. The Hall–Kier alpha value is -4.76. The van der Waals surface area contributed by atoms with Crippen LogP contribution in [0.4, 0.5) is 5.69 Å². The van der Waals surface area contributed by atoms with Crippen LogP contribution in [0.2, 0.25) is 0 Å². The van der Waals surface area contributed by atoms with E-state index in [0.29, 0.717) is 16.8 Å². The third-order valence-electron chi connectivity index (χ3n) is 9.57. The molecule has 7 rings (SSSR count). The van der Waals surface area contributed by atoms with Crippen molar-refractivity contribution in [3.05, 3.63) is 107 Å². The number of fused-ring (bicyclic) bond motifs is 4. The Bertz CT molecular complexity index is 1670. The average molecular weight is 564 g/mol. The van der Waals surface area contributed by atoms with E-state index in [1.807, 2.05) is 61.5 Å². The molecule has 42 heavy (non-hydrogen) atoms. The summed E-state index contributed by atoms with van der Waals surface area (Å²) in [6.45, 7) is 1.94. The fourth-order valence-electron chi connectivity index (χ4n) is 7.81. The smallest absolute Gasteiger partial charge is 0.260 e. The molecule has 3 N–H and O–H groups in total. The molecule has 3 fully saturated rings. The van der Waals surface area contributed by atoms with Gasteiger partial charge in [-0.1, -0.05) is 71.8 Å². The fourth-order valence-corrected chi connectivity index (χ4v) is 7.81. The van der Waals surface area contributed by atoms with Gasteiger partial charge in [0.05, 0.1) is 28.9 Å². The summed E-state index contributed by atoms with van der Waals surface area (Å²) in [6, 6.07) is 23.2. The minimum absolute atomic E-state index is 0.00346. The van der Waals surface area contributed by atoms with Crippen molar-refractivity contribution >= 4 is 29.3 Å². The molecule has 3 aromatic rings. The number of aryl methyl sites for hydroxylation is 1. The molecule has 3 aromatic carbocycles. The number of benzene rings is 3. The molecule has 6 atom stereocenters. The van der Waals surface area contributed by atoms with Crippen molar-refractivity contribution in [2.45, 2.75) is 31.1 Å². The van der Waals surface area contributed by atoms with Gasteiger partial charge in [-0.05, 0) is 61.1 Å². The van der Waals surface area contributed by atoms with Crippen LogP contribution < -0.4 is 5.43 Å². The maximum atomic E-state index is 14.9. The summed E-state index contributed by atoms with van der Waals surface area (Å²) in [5, 5.41) is 22.1. The third-order valence-corrected chi connectivity index (χ3v) is 9.57. The number of hydrogen-bond donors (Lipinski definition) is 3. The van der Waals surface area contributed by atoms with E-state index in [0.717, 1.165) is 16.1 Å². The summed E-state index contributed by atoms with van der Waals surface area (Å²) in [6.07, 6.45) is 2.26. The van der Waals surface area contributed by atoms with Crippen molar-refractivity contribution in [2.75, 3.05) is 5.43 Å². The second-order valence-electron chi connectivity index (χ2n) is 11.7. The Labute approximate surface area is 242 Å². The molecule has 212 valence electrons. The molecule has 6 unspecified atom stereocenters. The standard InChI is InChI=1S/C33H29N3O6/c1-18-10-12-21(13-11-18)34-35-30(39)26-17-25-23(14-15-24-27(25)31(40)36(42)29(24)38)28(19-6-5-9-22(37)16-19)33(26,32(35)41)20-7-3-2-4-8-20/h2-14,16,24-28,34,37,42H,15,17H2,1H3. The van der Waals surface area contributed by atoms with Gasteiger partial charge in [0.1, 0.15) is 5.75 Å². The lowest BCUT2D eigenvalue weighted by atomic mass is 9.49. The van der Waals surface area contributed by atoms with E-state index in [1.165, 1.54) is 6.07 Å². The monoisotopic (exact) mass is 563 g/mol. The van der Waals surface area contributed by atoms with Crippen LogP contribution >= 0.6 is 0 Å². The predicted molar refractivity (Wildman–Crippen MR) is 151 cm³/mol. The second-order valence-corrected chi connectivity index (χ2v) is 11.7. The van der Waals surface area contributed by atoms with Gasteiger partial charge in [0.2, 0.25) is 0 Å². The predicted octanol–water partition coefficient (Wildman–Crippen LogP) is 4.07. The second kappa shape index (κ2) is 9.39. The summed E-state index contributed by atoms with van der Waals surface area (Å²) in [7, 11) is 0. The Balaban J connectivity index is 1.46. The van der Waals surface area contributed by atoms with E-state index in [1.54, 1.807) is 24.3 Å². The number of hydroxylamine groups is 2. The average Bonchev–Trinajstić information content (AvgIpc) is 3.35. The van der Waals surface area contributed by atoms with Crippen molar-refractivity contribution in [3.63, 3.8) is 0 Å². The first-order chi connectivity index (χ1) is 20.2. The van der Waals surface area contributed by atoms with E-state index < -0.39 is 58.6 Å². The SMILES string of the molecule is Cc1ccc(NN2C(=O)C3CC4C(=CCC5C(=O)N(O)C(=O)C54)C(c4cccc(O)c4)C3(c3ccccc3)C2=O)cc1. The molecule has 0 aromatic heterocycles. The van der Waals surface area contributed by atoms with E-state index >= 15 is 0 Å². The van der Waals surface area contributed by atoms with Crippen molar-refractivity contribution in [1.29, 1.82) is 0 Å². The lowest BCUT2D eigenvalue weighted by Gasteiger charge is -2.50. The summed E-state index contributed by atoms with van der Waals surface area (Å²) < 4.78 is 0. The van der Waals surface area contributed by atoms with Gasteiger partial charge >= 0.3 is 0 Å². The summed E-state index contributed by atoms with van der Waals surface area (Å²) in [5.74, 6) is -5.98. The first-order valence-electron chi connectivity index (χ1n) is 14.1. The van der Waals surface area contributed by atoms with Crippen LogP contribution in [0, 0.1) is 30.6 Å². The molecule has 9 heteroatoms. The molecule has 1 saturated carbocycles. The van der Waals surface area contributed by atoms with Crippen LogP contribution in [0.25, 0.3) is 0 Å².